The second-order valence-corrected chi connectivity index (χ2v) is 8.16. The number of carbonyl (C=O) groups is 2. The van der Waals surface area contributed by atoms with Crippen molar-refractivity contribution in [1.29, 1.82) is 0 Å². The number of likely N-dealkylation sites (tertiary alicyclic amines) is 1. The van der Waals surface area contributed by atoms with E-state index in [-0.39, 0.29) is 35.5 Å². The van der Waals surface area contributed by atoms with Gasteiger partial charge >= 0.3 is 0 Å². The van der Waals surface area contributed by atoms with Gasteiger partial charge in [-0.15, -0.1) is 0 Å². The minimum atomic E-state index is -0.255. The molecule has 1 N–H and O–H groups in total. The van der Waals surface area contributed by atoms with Crippen LogP contribution in [0.2, 0.25) is 0 Å². The minimum Gasteiger partial charge on any atom is -0.353 e. The molecule has 1 aromatic rings. The van der Waals surface area contributed by atoms with Gasteiger partial charge in [-0.1, -0.05) is 38.3 Å². The maximum Gasteiger partial charge on any atom is 0.223 e. The van der Waals surface area contributed by atoms with Crippen molar-refractivity contribution in [2.45, 2.75) is 70.3 Å². The first-order chi connectivity index (χ1) is 13.0. The van der Waals surface area contributed by atoms with Crippen LogP contribution in [0.25, 0.3) is 0 Å². The van der Waals surface area contributed by atoms with Gasteiger partial charge in [-0.25, -0.2) is 4.39 Å². The fourth-order valence-corrected chi connectivity index (χ4v) is 4.26. The van der Waals surface area contributed by atoms with Crippen molar-refractivity contribution in [3.8, 4) is 0 Å². The van der Waals surface area contributed by atoms with Crippen molar-refractivity contribution in [3.05, 3.63) is 35.6 Å². The lowest BCUT2D eigenvalue weighted by molar-refractivity contribution is -0.132. The van der Waals surface area contributed by atoms with E-state index in [1.165, 1.54) is 18.6 Å². The molecule has 0 unspecified atom stereocenters. The molecule has 148 valence electrons. The number of rotatable bonds is 5. The second-order valence-electron chi connectivity index (χ2n) is 8.16. The van der Waals surface area contributed by atoms with Gasteiger partial charge in [0.1, 0.15) is 5.82 Å². The molecule has 27 heavy (non-hydrogen) atoms. The molecule has 2 fully saturated rings. The zero-order valence-electron chi connectivity index (χ0n) is 16.3. The van der Waals surface area contributed by atoms with E-state index in [9.17, 15) is 14.0 Å². The Labute approximate surface area is 161 Å². The number of hydrogen-bond donors (Lipinski definition) is 1. The molecule has 1 atom stereocenters. The Morgan fingerprint density at radius 1 is 1.07 bits per heavy atom. The molecule has 4 nitrogen and oxygen atoms in total. The molecular weight excluding hydrogens is 343 g/mol. The Morgan fingerprint density at radius 2 is 1.70 bits per heavy atom. The zero-order valence-corrected chi connectivity index (χ0v) is 16.3. The van der Waals surface area contributed by atoms with Gasteiger partial charge in [0.2, 0.25) is 11.8 Å². The normalized spacial score (nSPS) is 20.3. The highest BCUT2D eigenvalue weighted by Crippen LogP contribution is 2.25. The van der Waals surface area contributed by atoms with E-state index in [2.05, 4.69) is 5.32 Å². The summed E-state index contributed by atoms with van der Waals surface area (Å²) in [4.78, 5) is 26.9. The van der Waals surface area contributed by atoms with Crippen molar-refractivity contribution >= 4 is 11.8 Å². The number of piperidine rings is 1. The predicted molar refractivity (Wildman–Crippen MR) is 104 cm³/mol. The number of halogens is 1. The SMILES string of the molecule is C[C@H](CC(=O)N1CCC(NC(=O)C2CCCCC2)CC1)c1ccc(F)cc1. The summed E-state index contributed by atoms with van der Waals surface area (Å²) in [6.07, 6.45) is 7.71. The van der Waals surface area contributed by atoms with Crippen LogP contribution in [0.5, 0.6) is 0 Å². The Bertz CT molecular complexity index is 632. The molecule has 2 aliphatic rings. The van der Waals surface area contributed by atoms with Gasteiger partial charge in [-0.2, -0.15) is 0 Å². The molecule has 1 saturated heterocycles. The number of amides is 2. The zero-order chi connectivity index (χ0) is 19.2. The molecular formula is C22H31FN2O2. The molecule has 1 aliphatic carbocycles. The van der Waals surface area contributed by atoms with E-state index >= 15 is 0 Å². The monoisotopic (exact) mass is 374 g/mol. The van der Waals surface area contributed by atoms with Gasteiger partial charge < -0.3 is 10.2 Å². The van der Waals surface area contributed by atoms with Crippen molar-refractivity contribution in [1.82, 2.24) is 10.2 Å². The smallest absolute Gasteiger partial charge is 0.223 e. The number of nitrogens with one attached hydrogen (secondary N) is 1. The minimum absolute atomic E-state index is 0.0711. The van der Waals surface area contributed by atoms with Crippen molar-refractivity contribution in [3.63, 3.8) is 0 Å². The predicted octanol–water partition coefficient (Wildman–Crippen LogP) is 4.01. The summed E-state index contributed by atoms with van der Waals surface area (Å²) >= 11 is 0. The molecule has 0 spiro atoms. The van der Waals surface area contributed by atoms with E-state index in [1.54, 1.807) is 12.1 Å². The standard InChI is InChI=1S/C22H31FN2O2/c1-16(17-7-9-19(23)10-8-17)15-21(26)25-13-11-20(12-14-25)24-22(27)18-5-3-2-4-6-18/h7-10,16,18,20H,2-6,11-15H2,1H3,(H,24,27)/t16-/m1/s1. The molecule has 0 bridgehead atoms. The Kier molecular flexibility index (Phi) is 6.86. The Balaban J connectivity index is 1.42. The molecule has 1 heterocycles. The van der Waals surface area contributed by atoms with E-state index in [0.717, 1.165) is 44.1 Å². The van der Waals surface area contributed by atoms with Crippen molar-refractivity contribution in [2.75, 3.05) is 13.1 Å². The third kappa shape index (κ3) is 5.53. The van der Waals surface area contributed by atoms with E-state index in [0.29, 0.717) is 19.5 Å². The van der Waals surface area contributed by atoms with Gasteiger partial charge in [-0.05, 0) is 49.3 Å². The van der Waals surface area contributed by atoms with Gasteiger partial charge in [0.25, 0.3) is 0 Å². The van der Waals surface area contributed by atoms with Crippen LogP contribution in [0.15, 0.2) is 24.3 Å². The highest BCUT2D eigenvalue weighted by atomic mass is 19.1. The summed E-state index contributed by atoms with van der Waals surface area (Å²) in [6.45, 7) is 3.40. The van der Waals surface area contributed by atoms with Crippen molar-refractivity contribution < 1.29 is 14.0 Å². The number of carbonyl (C=O) groups excluding carboxylic acids is 2. The molecule has 0 aromatic heterocycles. The van der Waals surface area contributed by atoms with Crippen LogP contribution in [-0.4, -0.2) is 35.8 Å². The summed E-state index contributed by atoms with van der Waals surface area (Å²) in [5, 5.41) is 3.21. The van der Waals surface area contributed by atoms with Gasteiger partial charge in [-0.3, -0.25) is 9.59 Å². The van der Waals surface area contributed by atoms with Crippen LogP contribution in [0.4, 0.5) is 4.39 Å². The van der Waals surface area contributed by atoms with Crippen LogP contribution in [0.1, 0.15) is 69.8 Å². The van der Waals surface area contributed by atoms with Gasteiger partial charge in [0.15, 0.2) is 0 Å². The van der Waals surface area contributed by atoms with Crippen LogP contribution in [0.3, 0.4) is 0 Å². The molecule has 0 radical (unpaired) electrons. The summed E-state index contributed by atoms with van der Waals surface area (Å²) in [6, 6.07) is 6.58. The number of hydrogen-bond acceptors (Lipinski definition) is 2. The topological polar surface area (TPSA) is 49.4 Å². The van der Waals surface area contributed by atoms with Gasteiger partial charge in [0.05, 0.1) is 0 Å². The lowest BCUT2D eigenvalue weighted by Crippen LogP contribution is -2.48. The van der Waals surface area contributed by atoms with Crippen molar-refractivity contribution in [2.24, 2.45) is 5.92 Å². The summed E-state index contributed by atoms with van der Waals surface area (Å²) < 4.78 is 13.0. The molecule has 5 heteroatoms. The maximum atomic E-state index is 13.0. The molecule has 1 aliphatic heterocycles. The van der Waals surface area contributed by atoms with E-state index < -0.39 is 0 Å². The third-order valence-corrected chi connectivity index (χ3v) is 6.09. The number of benzene rings is 1. The highest BCUT2D eigenvalue weighted by molar-refractivity contribution is 5.79. The second kappa shape index (κ2) is 9.34. The largest absolute Gasteiger partial charge is 0.353 e. The Morgan fingerprint density at radius 3 is 2.33 bits per heavy atom. The third-order valence-electron chi connectivity index (χ3n) is 6.09. The first-order valence-corrected chi connectivity index (χ1v) is 10.4. The molecule has 1 aromatic carbocycles. The molecule has 2 amide bonds. The van der Waals surface area contributed by atoms with Crippen LogP contribution < -0.4 is 5.32 Å². The summed E-state index contributed by atoms with van der Waals surface area (Å²) in [5.74, 6) is 0.361. The fourth-order valence-electron chi connectivity index (χ4n) is 4.26. The van der Waals surface area contributed by atoms with Gasteiger partial charge in [0, 0.05) is 31.5 Å². The van der Waals surface area contributed by atoms with Crippen LogP contribution >= 0.6 is 0 Å². The lowest BCUT2D eigenvalue weighted by Gasteiger charge is -2.34. The lowest BCUT2D eigenvalue weighted by atomic mass is 9.88. The molecule has 3 rings (SSSR count). The quantitative estimate of drug-likeness (QED) is 0.847. The van der Waals surface area contributed by atoms with Crippen LogP contribution in [-0.2, 0) is 9.59 Å². The average molecular weight is 375 g/mol. The first kappa shape index (κ1) is 19.8. The van der Waals surface area contributed by atoms with E-state index in [4.69, 9.17) is 0 Å². The fraction of sp³-hybridized carbons (Fsp3) is 0.636. The highest BCUT2D eigenvalue weighted by Gasteiger charge is 2.27. The average Bonchev–Trinajstić information content (AvgIpc) is 2.69. The summed E-state index contributed by atoms with van der Waals surface area (Å²) in [5.41, 5.74) is 0.986. The maximum absolute atomic E-state index is 13.0. The number of nitrogens with zero attached hydrogens (tertiary/aromatic N) is 1. The Hall–Kier alpha value is -1.91. The van der Waals surface area contributed by atoms with E-state index in [1.807, 2.05) is 11.8 Å². The summed E-state index contributed by atoms with van der Waals surface area (Å²) in [7, 11) is 0. The molecule has 1 saturated carbocycles. The first-order valence-electron chi connectivity index (χ1n) is 10.4. The van der Waals surface area contributed by atoms with Crippen LogP contribution in [0, 0.1) is 11.7 Å².